The van der Waals surface area contributed by atoms with Gasteiger partial charge >= 0.3 is 7.60 Å². The molecular formula is C21H43N4O5P. The molecule has 0 aliphatic carbocycles. The zero-order valence-corrected chi connectivity index (χ0v) is 20.3. The first kappa shape index (κ1) is 28.0. The molecule has 10 heteroatoms. The van der Waals surface area contributed by atoms with E-state index in [0.717, 1.165) is 51.6 Å². The maximum absolute atomic E-state index is 13.0. The Morgan fingerprint density at radius 2 is 1.71 bits per heavy atom. The van der Waals surface area contributed by atoms with Crippen LogP contribution in [0.2, 0.25) is 0 Å². The molecule has 0 aromatic carbocycles. The Bertz CT molecular complexity index is 584. The molecule has 6 N–H and O–H groups in total. The van der Waals surface area contributed by atoms with Crippen LogP contribution in [0.15, 0.2) is 0 Å². The van der Waals surface area contributed by atoms with Crippen molar-refractivity contribution in [2.45, 2.75) is 96.4 Å². The van der Waals surface area contributed by atoms with Crippen molar-refractivity contribution in [1.29, 1.82) is 0 Å². The van der Waals surface area contributed by atoms with E-state index in [4.69, 9.17) is 0 Å². The zero-order chi connectivity index (χ0) is 23.3. The van der Waals surface area contributed by atoms with E-state index in [9.17, 15) is 23.9 Å². The van der Waals surface area contributed by atoms with Crippen LogP contribution in [0.3, 0.4) is 0 Å². The van der Waals surface area contributed by atoms with E-state index < -0.39 is 25.5 Å². The number of nitrogens with one attached hydrogen (secondary N) is 4. The number of rotatable bonds is 8. The quantitative estimate of drug-likeness (QED) is 0.303. The lowest BCUT2D eigenvalue weighted by Crippen LogP contribution is -2.54. The van der Waals surface area contributed by atoms with Crippen LogP contribution < -0.4 is 21.3 Å². The van der Waals surface area contributed by atoms with Gasteiger partial charge in [0.2, 0.25) is 11.8 Å². The Morgan fingerprint density at radius 3 is 2.29 bits per heavy atom. The highest BCUT2D eigenvalue weighted by Crippen LogP contribution is 2.41. The van der Waals surface area contributed by atoms with Gasteiger partial charge in [-0.1, -0.05) is 33.6 Å². The molecule has 1 rings (SSSR count). The van der Waals surface area contributed by atoms with E-state index >= 15 is 0 Å². The third-order valence-corrected chi connectivity index (χ3v) is 6.85. The third kappa shape index (κ3) is 12.0. The van der Waals surface area contributed by atoms with Gasteiger partial charge in [-0.2, -0.15) is 0 Å². The van der Waals surface area contributed by atoms with Crippen LogP contribution >= 0.6 is 7.60 Å². The van der Waals surface area contributed by atoms with Crippen LogP contribution in [0.5, 0.6) is 0 Å². The monoisotopic (exact) mass is 462 g/mol. The second-order valence-corrected chi connectivity index (χ2v) is 10.7. The van der Waals surface area contributed by atoms with Crippen molar-refractivity contribution in [3.05, 3.63) is 0 Å². The van der Waals surface area contributed by atoms with Crippen molar-refractivity contribution in [1.82, 2.24) is 21.3 Å². The SMILES string of the molecule is CC[C@@H](N[C@@H](CC(C)C)C(=O)N[C@H]1CCCCNCCCCCCNC1=O)P(=O)(O)O. The van der Waals surface area contributed by atoms with Crippen LogP contribution in [0.1, 0.15) is 78.6 Å². The van der Waals surface area contributed by atoms with Gasteiger partial charge in [0.1, 0.15) is 11.8 Å². The zero-order valence-electron chi connectivity index (χ0n) is 19.4. The van der Waals surface area contributed by atoms with Crippen LogP contribution in [0, 0.1) is 5.92 Å². The molecule has 0 unspecified atom stereocenters. The lowest BCUT2D eigenvalue weighted by Gasteiger charge is -2.28. The molecule has 1 aliphatic heterocycles. The first-order valence-corrected chi connectivity index (χ1v) is 13.4. The minimum absolute atomic E-state index is 0.140. The molecule has 182 valence electrons. The van der Waals surface area contributed by atoms with Crippen LogP contribution in [-0.2, 0) is 14.2 Å². The Kier molecular flexibility index (Phi) is 13.5. The Labute approximate surface area is 187 Å². The minimum Gasteiger partial charge on any atom is -0.354 e. The van der Waals surface area contributed by atoms with Gasteiger partial charge in [-0.15, -0.1) is 0 Å². The average molecular weight is 463 g/mol. The fraction of sp³-hybridized carbons (Fsp3) is 0.905. The predicted molar refractivity (Wildman–Crippen MR) is 123 cm³/mol. The number of carbonyl (C=O) groups is 2. The van der Waals surface area contributed by atoms with Crippen LogP contribution in [0.25, 0.3) is 0 Å². The van der Waals surface area contributed by atoms with Crippen LogP contribution in [0.4, 0.5) is 0 Å². The summed E-state index contributed by atoms with van der Waals surface area (Å²) in [5.41, 5.74) is 0. The molecule has 0 saturated carbocycles. The number of carbonyl (C=O) groups excluding carboxylic acids is 2. The average Bonchev–Trinajstić information content (AvgIpc) is 2.68. The van der Waals surface area contributed by atoms with E-state index in [1.807, 2.05) is 13.8 Å². The Morgan fingerprint density at radius 1 is 1.10 bits per heavy atom. The van der Waals surface area contributed by atoms with Gasteiger partial charge in [0.05, 0.1) is 6.04 Å². The summed E-state index contributed by atoms with van der Waals surface area (Å²) < 4.78 is 11.7. The van der Waals surface area contributed by atoms with E-state index in [1.165, 1.54) is 0 Å². The summed E-state index contributed by atoms with van der Waals surface area (Å²) in [6, 6.07) is -1.43. The van der Waals surface area contributed by atoms with Crippen molar-refractivity contribution in [2.24, 2.45) is 5.92 Å². The molecule has 1 fully saturated rings. The highest BCUT2D eigenvalue weighted by molar-refractivity contribution is 7.52. The summed E-state index contributed by atoms with van der Waals surface area (Å²) in [6.45, 7) is 8.04. The van der Waals surface area contributed by atoms with E-state index in [2.05, 4.69) is 21.3 Å². The van der Waals surface area contributed by atoms with Crippen molar-refractivity contribution in [2.75, 3.05) is 19.6 Å². The standard InChI is InChI=1S/C21H43N4O5P/c1-4-19(31(28,29)30)24-18(15-16(2)3)21(27)25-17-11-7-10-13-22-12-8-5-6-9-14-23-20(17)26/h16-19,22,24H,4-15H2,1-3H3,(H,23,26)(H,25,27)(H2,28,29,30)/t17-,18-,19-/m0/s1. The fourth-order valence-corrected chi connectivity index (χ4v) is 4.58. The summed E-state index contributed by atoms with van der Waals surface area (Å²) in [4.78, 5) is 44.9. The highest BCUT2D eigenvalue weighted by Gasteiger charge is 2.33. The van der Waals surface area contributed by atoms with Gasteiger partial charge in [-0.05, 0) is 64.0 Å². The lowest BCUT2D eigenvalue weighted by molar-refractivity contribution is -0.130. The van der Waals surface area contributed by atoms with E-state index in [0.29, 0.717) is 19.4 Å². The molecule has 2 amide bonds. The van der Waals surface area contributed by atoms with Gasteiger partial charge in [-0.25, -0.2) is 0 Å². The maximum Gasteiger partial charge on any atom is 0.342 e. The Balaban J connectivity index is 2.83. The fourth-order valence-electron chi connectivity index (χ4n) is 3.74. The predicted octanol–water partition coefficient (Wildman–Crippen LogP) is 1.84. The van der Waals surface area contributed by atoms with Crippen molar-refractivity contribution < 1.29 is 23.9 Å². The van der Waals surface area contributed by atoms with E-state index in [-0.39, 0.29) is 24.2 Å². The molecule has 0 spiro atoms. The summed E-state index contributed by atoms with van der Waals surface area (Å²) in [5.74, 6) is -1.53. The van der Waals surface area contributed by atoms with Gasteiger partial charge in [-0.3, -0.25) is 19.5 Å². The summed E-state index contributed by atoms with van der Waals surface area (Å²) in [7, 11) is -4.38. The lowest BCUT2D eigenvalue weighted by atomic mass is 10.0. The number of hydrogen-bond acceptors (Lipinski definition) is 5. The van der Waals surface area contributed by atoms with Crippen LogP contribution in [-0.4, -0.2) is 59.1 Å². The highest BCUT2D eigenvalue weighted by atomic mass is 31.2. The van der Waals surface area contributed by atoms with Crippen molar-refractivity contribution in [3.8, 4) is 0 Å². The molecule has 1 heterocycles. The van der Waals surface area contributed by atoms with Crippen molar-refractivity contribution >= 4 is 19.4 Å². The molecule has 0 bridgehead atoms. The topological polar surface area (TPSA) is 140 Å². The molecule has 9 nitrogen and oxygen atoms in total. The van der Waals surface area contributed by atoms with E-state index in [1.54, 1.807) is 6.92 Å². The molecule has 31 heavy (non-hydrogen) atoms. The number of hydrogen-bond donors (Lipinski definition) is 6. The second-order valence-electron chi connectivity index (χ2n) is 8.87. The maximum atomic E-state index is 13.0. The number of amides is 2. The Hall–Kier alpha value is -0.990. The first-order chi connectivity index (χ1) is 14.6. The largest absolute Gasteiger partial charge is 0.354 e. The molecule has 1 saturated heterocycles. The molecular weight excluding hydrogens is 419 g/mol. The summed E-state index contributed by atoms with van der Waals surface area (Å²) >= 11 is 0. The second kappa shape index (κ2) is 15.0. The minimum atomic E-state index is -4.38. The normalized spacial score (nSPS) is 22.3. The third-order valence-electron chi connectivity index (χ3n) is 5.52. The molecule has 0 aromatic rings. The van der Waals surface area contributed by atoms with Crippen molar-refractivity contribution in [3.63, 3.8) is 0 Å². The molecule has 0 aromatic heterocycles. The molecule has 0 radical (unpaired) electrons. The van der Waals surface area contributed by atoms with Gasteiger partial charge in [0.25, 0.3) is 0 Å². The smallest absolute Gasteiger partial charge is 0.342 e. The summed E-state index contributed by atoms with van der Waals surface area (Å²) in [5, 5.41) is 12.0. The molecule has 1 aliphatic rings. The molecule has 3 atom stereocenters. The first-order valence-electron chi connectivity index (χ1n) is 11.7. The van der Waals surface area contributed by atoms with Gasteiger partial charge in [0, 0.05) is 6.54 Å². The summed E-state index contributed by atoms with van der Waals surface area (Å²) in [6.07, 6.45) is 7.10. The van der Waals surface area contributed by atoms with Gasteiger partial charge in [0.15, 0.2) is 0 Å². The van der Waals surface area contributed by atoms with Gasteiger partial charge < -0.3 is 25.7 Å².